The lowest BCUT2D eigenvalue weighted by Gasteiger charge is -2.26. The third kappa shape index (κ3) is 4.18. The van der Waals surface area contributed by atoms with Crippen LogP contribution in [-0.4, -0.2) is 30.8 Å². The molecule has 4 nitrogen and oxygen atoms in total. The molecule has 19 heavy (non-hydrogen) atoms. The minimum absolute atomic E-state index is 0.173. The number of ether oxygens (including phenoxy) is 2. The van der Waals surface area contributed by atoms with Gasteiger partial charge >= 0.3 is 0 Å². The van der Waals surface area contributed by atoms with Crippen LogP contribution in [0.25, 0.3) is 0 Å². The Balaban J connectivity index is 2.07. The smallest absolute Gasteiger partial charge is 0.214 e. The van der Waals surface area contributed by atoms with Crippen LogP contribution in [-0.2, 0) is 11.3 Å². The molecule has 0 spiro atoms. The van der Waals surface area contributed by atoms with E-state index in [1.807, 2.05) is 6.07 Å². The number of rotatable bonds is 7. The van der Waals surface area contributed by atoms with Crippen LogP contribution in [0, 0.1) is 0 Å². The van der Waals surface area contributed by atoms with Gasteiger partial charge in [-0.3, -0.25) is 0 Å². The van der Waals surface area contributed by atoms with Crippen molar-refractivity contribution in [2.24, 2.45) is 0 Å². The summed E-state index contributed by atoms with van der Waals surface area (Å²) in [5.74, 6) is 1.14. The summed E-state index contributed by atoms with van der Waals surface area (Å²) in [5.41, 5.74) is 2.33. The Bertz CT molecular complexity index is 403. The molecule has 0 saturated carbocycles. The maximum absolute atomic E-state index is 5.82. The molecule has 0 unspecified atom stereocenters. The number of nitrogens with zero attached hydrogens (tertiary/aromatic N) is 1. The van der Waals surface area contributed by atoms with Gasteiger partial charge in [-0.1, -0.05) is 20.8 Å². The first-order valence-corrected chi connectivity index (χ1v) is 7.15. The number of nitrogens with one attached hydrogen (secondary N) is 1. The average molecular weight is 264 g/mol. The van der Waals surface area contributed by atoms with Gasteiger partial charge in [-0.25, -0.2) is 4.98 Å². The lowest BCUT2D eigenvalue weighted by atomic mass is 10.1. The fourth-order valence-corrected chi connectivity index (χ4v) is 1.90. The average Bonchev–Trinajstić information content (AvgIpc) is 2.34. The molecule has 0 atom stereocenters. The van der Waals surface area contributed by atoms with Crippen LogP contribution in [0.1, 0.15) is 44.4 Å². The Morgan fingerprint density at radius 2 is 2.21 bits per heavy atom. The topological polar surface area (TPSA) is 43.4 Å². The van der Waals surface area contributed by atoms with E-state index in [4.69, 9.17) is 9.47 Å². The first-order valence-electron chi connectivity index (χ1n) is 7.15. The first-order chi connectivity index (χ1) is 9.19. The van der Waals surface area contributed by atoms with Crippen molar-refractivity contribution in [1.82, 2.24) is 10.3 Å². The number of hydrogen-bond donors (Lipinski definition) is 1. The second-order valence-corrected chi connectivity index (χ2v) is 5.35. The number of hydrogen-bond acceptors (Lipinski definition) is 4. The highest BCUT2D eigenvalue weighted by atomic mass is 16.6. The standard InChI is InChI=1S/C15H24N2O2/c1-4-5-16-8-12-6-14(11(2)3)17-15(7-12)19-13-9-18-10-13/h6-7,11,13,16H,4-5,8-10H2,1-3H3. The van der Waals surface area contributed by atoms with Crippen LogP contribution in [0.3, 0.4) is 0 Å². The molecule has 1 aromatic heterocycles. The Hall–Kier alpha value is -1.13. The fraction of sp³-hybridized carbons (Fsp3) is 0.667. The molecular weight excluding hydrogens is 240 g/mol. The van der Waals surface area contributed by atoms with Gasteiger partial charge in [0, 0.05) is 18.3 Å². The van der Waals surface area contributed by atoms with E-state index < -0.39 is 0 Å². The molecule has 1 aromatic rings. The molecule has 4 heteroatoms. The minimum atomic E-state index is 0.173. The SMILES string of the molecule is CCCNCc1cc(OC2COC2)nc(C(C)C)c1. The van der Waals surface area contributed by atoms with Crippen molar-refractivity contribution < 1.29 is 9.47 Å². The zero-order valence-electron chi connectivity index (χ0n) is 12.1. The van der Waals surface area contributed by atoms with Crippen molar-refractivity contribution in [1.29, 1.82) is 0 Å². The van der Waals surface area contributed by atoms with Gasteiger partial charge in [0.15, 0.2) is 0 Å². The van der Waals surface area contributed by atoms with Gasteiger partial charge in [-0.2, -0.15) is 0 Å². The molecule has 0 radical (unpaired) electrons. The van der Waals surface area contributed by atoms with Crippen molar-refractivity contribution in [2.45, 2.75) is 45.8 Å². The summed E-state index contributed by atoms with van der Waals surface area (Å²) in [6, 6.07) is 4.20. The molecule has 0 aromatic carbocycles. The van der Waals surface area contributed by atoms with Crippen molar-refractivity contribution in [2.75, 3.05) is 19.8 Å². The number of aromatic nitrogens is 1. The van der Waals surface area contributed by atoms with Gasteiger partial charge in [0.25, 0.3) is 0 Å². The van der Waals surface area contributed by atoms with Gasteiger partial charge in [0.05, 0.1) is 13.2 Å². The Labute approximate surface area is 115 Å². The second kappa shape index (κ2) is 6.87. The third-order valence-electron chi connectivity index (χ3n) is 3.12. The van der Waals surface area contributed by atoms with E-state index in [-0.39, 0.29) is 6.10 Å². The van der Waals surface area contributed by atoms with Crippen LogP contribution < -0.4 is 10.1 Å². The van der Waals surface area contributed by atoms with Crippen LogP contribution in [0.4, 0.5) is 0 Å². The quantitative estimate of drug-likeness (QED) is 0.768. The zero-order chi connectivity index (χ0) is 13.7. The monoisotopic (exact) mass is 264 g/mol. The molecule has 2 rings (SSSR count). The van der Waals surface area contributed by atoms with Gasteiger partial charge in [0.2, 0.25) is 5.88 Å². The summed E-state index contributed by atoms with van der Waals surface area (Å²) in [7, 11) is 0. The highest BCUT2D eigenvalue weighted by Crippen LogP contribution is 2.21. The first kappa shape index (κ1) is 14.3. The van der Waals surface area contributed by atoms with Gasteiger partial charge in [-0.15, -0.1) is 0 Å². The second-order valence-electron chi connectivity index (χ2n) is 5.35. The highest BCUT2D eigenvalue weighted by Gasteiger charge is 2.21. The molecule has 0 aliphatic carbocycles. The van der Waals surface area contributed by atoms with Gasteiger partial charge in [0.1, 0.15) is 6.10 Å². The van der Waals surface area contributed by atoms with Crippen molar-refractivity contribution >= 4 is 0 Å². The molecular formula is C15H24N2O2. The molecule has 1 saturated heterocycles. The van der Waals surface area contributed by atoms with E-state index in [0.717, 1.165) is 31.1 Å². The predicted octanol–water partition coefficient (Wildman–Crippen LogP) is 2.48. The summed E-state index contributed by atoms with van der Waals surface area (Å²) < 4.78 is 11.0. The third-order valence-corrected chi connectivity index (χ3v) is 3.12. The lowest BCUT2D eigenvalue weighted by Crippen LogP contribution is -2.38. The van der Waals surface area contributed by atoms with Crippen LogP contribution in [0.15, 0.2) is 12.1 Å². The van der Waals surface area contributed by atoms with E-state index in [9.17, 15) is 0 Å². The zero-order valence-corrected chi connectivity index (χ0v) is 12.1. The summed E-state index contributed by atoms with van der Waals surface area (Å²) in [4.78, 5) is 4.58. The predicted molar refractivity (Wildman–Crippen MR) is 75.6 cm³/mol. The molecule has 1 aliphatic rings. The Morgan fingerprint density at radius 3 is 2.79 bits per heavy atom. The summed E-state index contributed by atoms with van der Waals surface area (Å²) in [5, 5.41) is 3.42. The van der Waals surface area contributed by atoms with E-state index >= 15 is 0 Å². The van der Waals surface area contributed by atoms with Crippen molar-refractivity contribution in [3.8, 4) is 5.88 Å². The molecule has 106 valence electrons. The van der Waals surface area contributed by atoms with E-state index in [1.165, 1.54) is 5.56 Å². The highest BCUT2D eigenvalue weighted by molar-refractivity contribution is 5.27. The van der Waals surface area contributed by atoms with Crippen molar-refractivity contribution in [3.63, 3.8) is 0 Å². The largest absolute Gasteiger partial charge is 0.469 e. The molecule has 1 N–H and O–H groups in total. The van der Waals surface area contributed by atoms with E-state index in [0.29, 0.717) is 19.1 Å². The van der Waals surface area contributed by atoms with Gasteiger partial charge in [-0.05, 0) is 30.5 Å². The molecule has 2 heterocycles. The van der Waals surface area contributed by atoms with Crippen LogP contribution in [0.2, 0.25) is 0 Å². The minimum Gasteiger partial charge on any atom is -0.469 e. The normalized spacial score (nSPS) is 15.6. The Kier molecular flexibility index (Phi) is 5.16. The van der Waals surface area contributed by atoms with Crippen molar-refractivity contribution in [3.05, 3.63) is 23.4 Å². The Morgan fingerprint density at radius 1 is 1.42 bits per heavy atom. The van der Waals surface area contributed by atoms with Crippen LogP contribution in [0.5, 0.6) is 5.88 Å². The molecule has 0 bridgehead atoms. The lowest BCUT2D eigenvalue weighted by molar-refractivity contribution is -0.0814. The summed E-state index contributed by atoms with van der Waals surface area (Å²) >= 11 is 0. The molecule has 0 amide bonds. The van der Waals surface area contributed by atoms with E-state index in [2.05, 4.69) is 37.1 Å². The van der Waals surface area contributed by atoms with E-state index in [1.54, 1.807) is 0 Å². The van der Waals surface area contributed by atoms with Crippen LogP contribution >= 0.6 is 0 Å². The van der Waals surface area contributed by atoms with Gasteiger partial charge < -0.3 is 14.8 Å². The number of pyridine rings is 1. The molecule has 1 aliphatic heterocycles. The molecule has 1 fully saturated rings. The maximum atomic E-state index is 5.82. The summed E-state index contributed by atoms with van der Waals surface area (Å²) in [6.45, 7) is 9.74. The maximum Gasteiger partial charge on any atom is 0.214 e. The summed E-state index contributed by atoms with van der Waals surface area (Å²) in [6.07, 6.45) is 1.32. The fourth-order valence-electron chi connectivity index (χ4n) is 1.90.